The second kappa shape index (κ2) is 7.02. The number of hydrogen-bond donors (Lipinski definition) is 1. The molecule has 11 heteroatoms. The molecule has 0 saturated carbocycles. The van der Waals surface area contributed by atoms with Crippen LogP contribution in [0.15, 0.2) is 9.57 Å². The normalized spacial score (nSPS) is 22.0. The van der Waals surface area contributed by atoms with Crippen LogP contribution in [0.4, 0.5) is 17.6 Å². The first-order valence-corrected chi connectivity index (χ1v) is 8.18. The molecule has 1 aromatic heterocycles. The molecule has 0 radical (unpaired) electrons. The molecule has 0 aromatic carbocycles. The number of nitrogens with zero attached hydrogens (tertiary/aromatic N) is 4. The molecule has 1 aromatic rings. The van der Waals surface area contributed by atoms with Gasteiger partial charge in [-0.15, -0.1) is 0 Å². The molecule has 0 spiro atoms. The van der Waals surface area contributed by atoms with E-state index in [9.17, 15) is 27.5 Å². The number of aliphatic hydroxyl groups is 1. The lowest BCUT2D eigenvalue weighted by molar-refractivity contribution is -0.195. The van der Waals surface area contributed by atoms with Gasteiger partial charge in [0, 0.05) is 12.1 Å². The van der Waals surface area contributed by atoms with E-state index in [0.29, 0.717) is 5.69 Å². The van der Waals surface area contributed by atoms with E-state index in [2.05, 4.69) is 26.1 Å². The van der Waals surface area contributed by atoms with Crippen molar-refractivity contribution in [2.45, 2.75) is 52.3 Å². The van der Waals surface area contributed by atoms with Gasteiger partial charge < -0.3 is 5.11 Å². The Morgan fingerprint density at radius 2 is 1.96 bits per heavy atom. The van der Waals surface area contributed by atoms with Crippen LogP contribution in [0.3, 0.4) is 0 Å². The number of aryl methyl sites for hydroxylation is 1. The van der Waals surface area contributed by atoms with E-state index in [1.807, 2.05) is 0 Å². The van der Waals surface area contributed by atoms with Crippen LogP contribution in [0.2, 0.25) is 0 Å². The Morgan fingerprint density at radius 3 is 2.40 bits per heavy atom. The van der Waals surface area contributed by atoms with Crippen molar-refractivity contribution in [2.75, 3.05) is 0 Å². The molecular weight excluding hydrogens is 412 g/mol. The van der Waals surface area contributed by atoms with E-state index in [1.165, 1.54) is 11.6 Å². The van der Waals surface area contributed by atoms with Crippen molar-refractivity contribution in [3.63, 3.8) is 0 Å². The van der Waals surface area contributed by atoms with Gasteiger partial charge in [0.15, 0.2) is 0 Å². The number of alkyl halides is 4. The van der Waals surface area contributed by atoms with Crippen molar-refractivity contribution in [1.82, 2.24) is 14.8 Å². The average Bonchev–Trinajstić information content (AvgIpc) is 3.01. The van der Waals surface area contributed by atoms with E-state index >= 15 is 0 Å². The Bertz CT molecular complexity index is 709. The summed E-state index contributed by atoms with van der Waals surface area (Å²) in [6, 6.07) is 0. The van der Waals surface area contributed by atoms with Crippen LogP contribution in [-0.4, -0.2) is 50.1 Å². The number of hydrazone groups is 1. The SMILES string of the molecule is Cc1nn(C[C@H](C)C(=O)N2N=C(C(F)F)C[C@]2(O)C(F)F)c(C)c1Br. The summed E-state index contributed by atoms with van der Waals surface area (Å²) < 4.78 is 54.2. The van der Waals surface area contributed by atoms with Gasteiger partial charge in [-0.2, -0.15) is 15.2 Å². The predicted molar refractivity (Wildman–Crippen MR) is 84.4 cm³/mol. The van der Waals surface area contributed by atoms with E-state index in [-0.39, 0.29) is 11.6 Å². The number of aromatic nitrogens is 2. The number of hydrogen-bond acceptors (Lipinski definition) is 4. The Balaban J connectivity index is 2.25. The van der Waals surface area contributed by atoms with Crippen LogP contribution in [0.5, 0.6) is 0 Å². The first kappa shape index (κ1) is 19.8. The van der Waals surface area contributed by atoms with Crippen molar-refractivity contribution in [3.8, 4) is 0 Å². The van der Waals surface area contributed by atoms with Gasteiger partial charge >= 0.3 is 0 Å². The first-order chi connectivity index (χ1) is 11.5. The van der Waals surface area contributed by atoms with Gasteiger partial charge in [-0.1, -0.05) is 6.92 Å². The maximum absolute atomic E-state index is 13.2. The van der Waals surface area contributed by atoms with Crippen LogP contribution >= 0.6 is 15.9 Å². The van der Waals surface area contributed by atoms with Crippen LogP contribution in [0, 0.1) is 19.8 Å². The number of carbonyl (C=O) groups is 1. The van der Waals surface area contributed by atoms with E-state index in [0.717, 1.165) is 10.2 Å². The second-order valence-electron chi connectivity index (χ2n) is 5.97. The molecule has 0 saturated heterocycles. The van der Waals surface area contributed by atoms with Crippen LogP contribution in [0.25, 0.3) is 0 Å². The molecule has 0 unspecified atom stereocenters. The second-order valence-corrected chi connectivity index (χ2v) is 6.76. The highest BCUT2D eigenvalue weighted by Gasteiger charge is 2.53. The van der Waals surface area contributed by atoms with Gasteiger partial charge in [-0.25, -0.2) is 17.6 Å². The summed E-state index contributed by atoms with van der Waals surface area (Å²) in [5, 5.41) is 17.6. The molecule has 0 aliphatic carbocycles. The van der Waals surface area contributed by atoms with Crippen LogP contribution in [0.1, 0.15) is 24.7 Å². The number of rotatable bonds is 5. The van der Waals surface area contributed by atoms with Gasteiger partial charge in [0.2, 0.25) is 11.6 Å². The van der Waals surface area contributed by atoms with E-state index < -0.39 is 42.5 Å². The highest BCUT2D eigenvalue weighted by Crippen LogP contribution is 2.34. The fourth-order valence-electron chi connectivity index (χ4n) is 2.52. The molecule has 6 nitrogen and oxygen atoms in total. The number of amides is 1. The third-order valence-corrected chi connectivity index (χ3v) is 5.16. The Labute approximate surface area is 149 Å². The fourth-order valence-corrected chi connectivity index (χ4v) is 2.81. The Hall–Kier alpha value is -1.49. The minimum Gasteiger partial charge on any atom is -0.364 e. The summed E-state index contributed by atoms with van der Waals surface area (Å²) in [4.78, 5) is 12.5. The Morgan fingerprint density at radius 1 is 1.36 bits per heavy atom. The van der Waals surface area contributed by atoms with Gasteiger partial charge in [0.25, 0.3) is 12.9 Å². The van der Waals surface area contributed by atoms with E-state index in [4.69, 9.17) is 0 Å². The van der Waals surface area contributed by atoms with Crippen molar-refractivity contribution in [2.24, 2.45) is 11.0 Å². The lowest BCUT2D eigenvalue weighted by Crippen LogP contribution is -2.53. The number of halogens is 5. The van der Waals surface area contributed by atoms with Crippen molar-refractivity contribution in [3.05, 3.63) is 15.9 Å². The maximum Gasteiger partial charge on any atom is 0.287 e. The molecule has 2 atom stereocenters. The summed E-state index contributed by atoms with van der Waals surface area (Å²) in [6.07, 6.45) is -7.66. The summed E-state index contributed by atoms with van der Waals surface area (Å²) in [5.41, 5.74) is -2.61. The smallest absolute Gasteiger partial charge is 0.287 e. The molecule has 0 bridgehead atoms. The average molecular weight is 429 g/mol. The fraction of sp³-hybridized carbons (Fsp3) is 0.643. The molecule has 2 rings (SSSR count). The largest absolute Gasteiger partial charge is 0.364 e. The molecule has 1 amide bonds. The summed E-state index contributed by atoms with van der Waals surface area (Å²) in [5.74, 6) is -1.90. The first-order valence-electron chi connectivity index (χ1n) is 7.38. The molecule has 25 heavy (non-hydrogen) atoms. The summed E-state index contributed by atoms with van der Waals surface area (Å²) in [6.45, 7) is 4.94. The Kier molecular flexibility index (Phi) is 5.57. The van der Waals surface area contributed by atoms with Crippen molar-refractivity contribution in [1.29, 1.82) is 0 Å². The number of carbonyl (C=O) groups excluding carboxylic acids is 1. The third kappa shape index (κ3) is 3.57. The monoisotopic (exact) mass is 428 g/mol. The molecular formula is C14H17BrF4N4O2. The van der Waals surface area contributed by atoms with Gasteiger partial charge in [0.05, 0.1) is 22.6 Å². The highest BCUT2D eigenvalue weighted by molar-refractivity contribution is 9.10. The third-order valence-electron chi connectivity index (χ3n) is 4.01. The van der Waals surface area contributed by atoms with Crippen molar-refractivity contribution >= 4 is 27.5 Å². The quantitative estimate of drug-likeness (QED) is 0.732. The minimum absolute atomic E-state index is 0.0203. The van der Waals surface area contributed by atoms with Crippen LogP contribution < -0.4 is 0 Å². The van der Waals surface area contributed by atoms with Gasteiger partial charge in [-0.05, 0) is 29.8 Å². The molecule has 1 aliphatic rings. The van der Waals surface area contributed by atoms with E-state index in [1.54, 1.807) is 13.8 Å². The minimum atomic E-state index is -3.44. The lowest BCUT2D eigenvalue weighted by Gasteiger charge is -2.31. The molecule has 0 fully saturated rings. The zero-order valence-electron chi connectivity index (χ0n) is 13.7. The zero-order valence-corrected chi connectivity index (χ0v) is 15.3. The highest BCUT2D eigenvalue weighted by atomic mass is 79.9. The molecule has 1 N–H and O–H groups in total. The van der Waals surface area contributed by atoms with Crippen LogP contribution in [-0.2, 0) is 11.3 Å². The lowest BCUT2D eigenvalue weighted by atomic mass is 10.1. The summed E-state index contributed by atoms with van der Waals surface area (Å²) >= 11 is 3.33. The summed E-state index contributed by atoms with van der Waals surface area (Å²) in [7, 11) is 0. The van der Waals surface area contributed by atoms with Gasteiger partial charge in [0.1, 0.15) is 5.71 Å². The topological polar surface area (TPSA) is 70.7 Å². The molecule has 140 valence electrons. The van der Waals surface area contributed by atoms with Gasteiger partial charge in [-0.3, -0.25) is 9.48 Å². The molecule has 1 aliphatic heterocycles. The predicted octanol–water partition coefficient (Wildman–Crippen LogP) is 2.71. The zero-order chi connectivity index (χ0) is 19.1. The standard InChI is InChI=1S/C14H17BrF4N4O2/c1-6(5-22-8(3)10(15)7(2)20-22)12(24)23-14(25,13(18)19)4-9(21-23)11(16)17/h6,11,13,25H,4-5H2,1-3H3/t6-,14-/m0/s1. The molecule has 2 heterocycles. The van der Waals surface area contributed by atoms with Crippen molar-refractivity contribution < 1.29 is 27.5 Å². The maximum atomic E-state index is 13.2.